The number of sulfone groups is 1. The van der Waals surface area contributed by atoms with Gasteiger partial charge in [0.05, 0.1) is 10.6 Å². The van der Waals surface area contributed by atoms with E-state index in [2.05, 4.69) is 0 Å². The molecular weight excluding hydrogens is 288 g/mol. The summed E-state index contributed by atoms with van der Waals surface area (Å²) in [6, 6.07) is 10.8. The fourth-order valence-electron chi connectivity index (χ4n) is 1.97. The Balaban J connectivity index is 2.32. The van der Waals surface area contributed by atoms with Gasteiger partial charge in [-0.2, -0.15) is 0 Å². The molecule has 1 amide bonds. The highest BCUT2D eigenvalue weighted by Crippen LogP contribution is 2.20. The van der Waals surface area contributed by atoms with Gasteiger partial charge in [0.2, 0.25) is 5.91 Å². The number of hydrogen-bond donors (Lipinski definition) is 2. The van der Waals surface area contributed by atoms with Gasteiger partial charge in [-0.15, -0.1) is 0 Å². The van der Waals surface area contributed by atoms with Crippen molar-refractivity contribution in [3.8, 4) is 0 Å². The third-order valence-corrected chi connectivity index (χ3v) is 4.89. The van der Waals surface area contributed by atoms with E-state index in [9.17, 15) is 13.2 Å². The van der Waals surface area contributed by atoms with Crippen LogP contribution in [0.5, 0.6) is 0 Å². The minimum absolute atomic E-state index is 0.137. The number of rotatable bonds is 4. The molecule has 0 fully saturated rings. The van der Waals surface area contributed by atoms with E-state index in [1.807, 2.05) is 0 Å². The van der Waals surface area contributed by atoms with Crippen LogP contribution in [0, 0.1) is 6.92 Å². The average molecular weight is 304 g/mol. The number of carbonyl (C=O) groups excluding carboxylic acids is 1. The summed E-state index contributed by atoms with van der Waals surface area (Å²) in [4.78, 5) is 11.3. The predicted octanol–water partition coefficient (Wildman–Crippen LogP) is 1.65. The number of benzene rings is 2. The van der Waals surface area contributed by atoms with Crippen LogP contribution >= 0.6 is 0 Å². The molecule has 0 aliphatic rings. The number of nitrogens with two attached hydrogens (primary N) is 2. The first kappa shape index (κ1) is 15.1. The lowest BCUT2D eigenvalue weighted by Gasteiger charge is -2.09. The maximum Gasteiger partial charge on any atom is 0.248 e. The molecule has 0 unspecified atom stereocenters. The normalized spacial score (nSPS) is 11.3. The second-order valence-electron chi connectivity index (χ2n) is 4.83. The second kappa shape index (κ2) is 5.57. The van der Waals surface area contributed by atoms with Crippen LogP contribution in [0.2, 0.25) is 0 Å². The lowest BCUT2D eigenvalue weighted by molar-refractivity contribution is 0.1000. The van der Waals surface area contributed by atoms with Crippen molar-refractivity contribution < 1.29 is 13.2 Å². The number of primary amides is 1. The van der Waals surface area contributed by atoms with E-state index in [1.54, 1.807) is 31.2 Å². The zero-order chi connectivity index (χ0) is 15.6. The number of aryl methyl sites for hydroxylation is 1. The van der Waals surface area contributed by atoms with Crippen molar-refractivity contribution in [3.63, 3.8) is 0 Å². The summed E-state index contributed by atoms with van der Waals surface area (Å²) in [5.41, 5.74) is 13.0. The van der Waals surface area contributed by atoms with Crippen LogP contribution in [0.25, 0.3) is 0 Å². The van der Waals surface area contributed by atoms with Crippen molar-refractivity contribution in [2.24, 2.45) is 5.73 Å². The maximum absolute atomic E-state index is 12.4. The fraction of sp³-hybridized carbons (Fsp3) is 0.133. The van der Waals surface area contributed by atoms with Crippen LogP contribution < -0.4 is 11.5 Å². The van der Waals surface area contributed by atoms with Gasteiger partial charge in [0, 0.05) is 11.3 Å². The molecular formula is C15H16N2O3S. The topological polar surface area (TPSA) is 103 Å². The fourth-order valence-corrected chi connectivity index (χ4v) is 3.43. The van der Waals surface area contributed by atoms with Gasteiger partial charge in [0.15, 0.2) is 9.84 Å². The summed E-state index contributed by atoms with van der Waals surface area (Å²) in [5.74, 6) is -0.673. The molecule has 0 aliphatic carbocycles. The molecule has 0 saturated carbocycles. The molecule has 21 heavy (non-hydrogen) atoms. The van der Waals surface area contributed by atoms with Crippen LogP contribution in [0.4, 0.5) is 5.69 Å². The summed E-state index contributed by atoms with van der Waals surface area (Å²) in [7, 11) is -3.46. The zero-order valence-electron chi connectivity index (χ0n) is 11.5. The largest absolute Gasteiger partial charge is 0.399 e. The highest BCUT2D eigenvalue weighted by Gasteiger charge is 2.17. The molecule has 6 heteroatoms. The molecule has 0 heterocycles. The van der Waals surface area contributed by atoms with Crippen molar-refractivity contribution >= 4 is 21.4 Å². The molecule has 2 aromatic rings. The highest BCUT2D eigenvalue weighted by atomic mass is 32.2. The molecule has 0 saturated heterocycles. The third-order valence-electron chi connectivity index (χ3n) is 3.21. The van der Waals surface area contributed by atoms with Crippen LogP contribution in [0.3, 0.4) is 0 Å². The van der Waals surface area contributed by atoms with E-state index >= 15 is 0 Å². The molecule has 2 rings (SSSR count). The Morgan fingerprint density at radius 2 is 1.71 bits per heavy atom. The van der Waals surface area contributed by atoms with Crippen molar-refractivity contribution in [1.29, 1.82) is 0 Å². The Morgan fingerprint density at radius 1 is 1.10 bits per heavy atom. The van der Waals surface area contributed by atoms with Gasteiger partial charge in [-0.3, -0.25) is 4.79 Å². The van der Waals surface area contributed by atoms with Crippen LogP contribution in [-0.4, -0.2) is 14.3 Å². The summed E-state index contributed by atoms with van der Waals surface area (Å²) in [6.07, 6.45) is 0. The van der Waals surface area contributed by atoms with Gasteiger partial charge in [0.25, 0.3) is 0 Å². The van der Waals surface area contributed by atoms with Crippen molar-refractivity contribution in [2.75, 3.05) is 5.73 Å². The Labute approximate surface area is 123 Å². The first-order valence-electron chi connectivity index (χ1n) is 6.27. The summed E-state index contributed by atoms with van der Waals surface area (Å²) < 4.78 is 24.7. The van der Waals surface area contributed by atoms with Crippen LogP contribution in [0.1, 0.15) is 21.5 Å². The standard InChI is InChI=1S/C15H16N2O3S/c1-10-8-11(15(17)18)2-3-12(10)9-21(19,20)14-6-4-13(16)5-7-14/h2-8H,9,16H2,1H3,(H2,17,18). The van der Waals surface area contributed by atoms with Gasteiger partial charge in [-0.05, 0) is 54.4 Å². The Hall–Kier alpha value is -2.34. The lowest BCUT2D eigenvalue weighted by atomic mass is 10.1. The molecule has 2 aromatic carbocycles. The molecule has 110 valence electrons. The second-order valence-corrected chi connectivity index (χ2v) is 6.82. The predicted molar refractivity (Wildman–Crippen MR) is 81.4 cm³/mol. The molecule has 5 nitrogen and oxygen atoms in total. The summed E-state index contributed by atoms with van der Waals surface area (Å²) >= 11 is 0. The molecule has 0 aromatic heterocycles. The minimum atomic E-state index is -3.46. The molecule has 0 aliphatic heterocycles. The average Bonchev–Trinajstić information content (AvgIpc) is 2.41. The zero-order valence-corrected chi connectivity index (χ0v) is 12.4. The molecule has 0 spiro atoms. The first-order valence-corrected chi connectivity index (χ1v) is 7.92. The number of nitrogen functional groups attached to an aromatic ring is 1. The number of amides is 1. The van der Waals surface area contributed by atoms with Gasteiger partial charge >= 0.3 is 0 Å². The van der Waals surface area contributed by atoms with Crippen molar-refractivity contribution in [1.82, 2.24) is 0 Å². The molecule has 4 N–H and O–H groups in total. The molecule has 0 atom stereocenters. The van der Waals surface area contributed by atoms with Gasteiger partial charge < -0.3 is 11.5 Å². The number of carbonyl (C=O) groups is 1. The molecule has 0 bridgehead atoms. The smallest absolute Gasteiger partial charge is 0.248 e. The maximum atomic E-state index is 12.4. The van der Waals surface area contributed by atoms with E-state index in [-0.39, 0.29) is 10.6 Å². The lowest BCUT2D eigenvalue weighted by Crippen LogP contribution is -2.12. The number of anilines is 1. The van der Waals surface area contributed by atoms with E-state index in [0.717, 1.165) is 0 Å². The minimum Gasteiger partial charge on any atom is -0.399 e. The van der Waals surface area contributed by atoms with Gasteiger partial charge in [-0.25, -0.2) is 8.42 Å². The van der Waals surface area contributed by atoms with Gasteiger partial charge in [0.1, 0.15) is 0 Å². The van der Waals surface area contributed by atoms with Crippen LogP contribution in [0.15, 0.2) is 47.4 Å². The van der Waals surface area contributed by atoms with Crippen molar-refractivity contribution in [3.05, 3.63) is 59.2 Å². The summed E-state index contributed by atoms with van der Waals surface area (Å²) in [5, 5.41) is 0. The van der Waals surface area contributed by atoms with Crippen LogP contribution in [-0.2, 0) is 15.6 Å². The highest BCUT2D eigenvalue weighted by molar-refractivity contribution is 7.90. The molecule has 0 radical (unpaired) electrons. The quantitative estimate of drug-likeness (QED) is 0.838. The third kappa shape index (κ3) is 3.41. The Bertz CT molecular complexity index is 781. The Morgan fingerprint density at radius 3 is 2.24 bits per heavy atom. The van der Waals surface area contributed by atoms with E-state index in [0.29, 0.717) is 22.4 Å². The van der Waals surface area contributed by atoms with Crippen molar-refractivity contribution in [2.45, 2.75) is 17.6 Å². The van der Waals surface area contributed by atoms with E-state index < -0.39 is 15.7 Å². The monoisotopic (exact) mass is 304 g/mol. The Kier molecular flexibility index (Phi) is 3.99. The number of hydrogen-bond acceptors (Lipinski definition) is 4. The van der Waals surface area contributed by atoms with E-state index in [1.165, 1.54) is 18.2 Å². The first-order chi connectivity index (χ1) is 9.79. The summed E-state index contributed by atoms with van der Waals surface area (Å²) in [6.45, 7) is 1.75. The van der Waals surface area contributed by atoms with Gasteiger partial charge in [-0.1, -0.05) is 6.07 Å². The van der Waals surface area contributed by atoms with E-state index in [4.69, 9.17) is 11.5 Å². The SMILES string of the molecule is Cc1cc(C(N)=O)ccc1CS(=O)(=O)c1ccc(N)cc1.